The molecule has 0 aliphatic carbocycles. The SMILES string of the molecule is COc1ccc(CCNC(=O)C2C=NC(=O)N(C)C2=O)cc1OC. The monoisotopic (exact) mass is 333 g/mol. The third-order valence-electron chi connectivity index (χ3n) is 3.66. The molecular formula is C16H19N3O5. The second-order valence-electron chi connectivity index (χ2n) is 5.17. The minimum Gasteiger partial charge on any atom is -0.493 e. The average Bonchev–Trinajstić information content (AvgIpc) is 2.59. The third-order valence-corrected chi connectivity index (χ3v) is 3.66. The highest BCUT2D eigenvalue weighted by molar-refractivity contribution is 6.20. The largest absolute Gasteiger partial charge is 0.493 e. The van der Waals surface area contributed by atoms with Crippen LogP contribution in [0, 0.1) is 5.92 Å². The standard InChI is InChI=1S/C16H19N3O5/c1-19-15(21)11(9-18-16(19)22)14(20)17-7-6-10-4-5-12(23-2)13(8-10)24-3/h4-5,8-9,11H,6-7H2,1-3H3,(H,17,20). The van der Waals surface area contributed by atoms with Gasteiger partial charge in [0.1, 0.15) is 0 Å². The van der Waals surface area contributed by atoms with E-state index in [-0.39, 0.29) is 0 Å². The summed E-state index contributed by atoms with van der Waals surface area (Å²) in [5, 5.41) is 2.67. The van der Waals surface area contributed by atoms with Crippen LogP contribution in [0.15, 0.2) is 23.2 Å². The van der Waals surface area contributed by atoms with Gasteiger partial charge in [0.2, 0.25) is 11.8 Å². The summed E-state index contributed by atoms with van der Waals surface area (Å²) in [7, 11) is 4.41. The number of rotatable bonds is 6. The number of carbonyl (C=O) groups excluding carboxylic acids is 3. The fraction of sp³-hybridized carbons (Fsp3) is 0.375. The van der Waals surface area contributed by atoms with Crippen LogP contribution in [0.3, 0.4) is 0 Å². The van der Waals surface area contributed by atoms with Crippen LogP contribution >= 0.6 is 0 Å². The van der Waals surface area contributed by atoms with Gasteiger partial charge in [-0.3, -0.25) is 14.5 Å². The Morgan fingerprint density at radius 2 is 1.96 bits per heavy atom. The van der Waals surface area contributed by atoms with Gasteiger partial charge in [-0.05, 0) is 24.1 Å². The summed E-state index contributed by atoms with van der Waals surface area (Å²) >= 11 is 0. The second-order valence-corrected chi connectivity index (χ2v) is 5.17. The molecule has 1 aromatic carbocycles. The quantitative estimate of drug-likeness (QED) is 0.771. The number of carbonyl (C=O) groups is 3. The number of benzene rings is 1. The molecule has 0 saturated heterocycles. The first-order chi connectivity index (χ1) is 11.5. The number of aliphatic imine (C=N–C) groups is 1. The second kappa shape index (κ2) is 7.58. The van der Waals surface area contributed by atoms with E-state index in [9.17, 15) is 14.4 Å². The first kappa shape index (κ1) is 17.5. The van der Waals surface area contributed by atoms with E-state index in [2.05, 4.69) is 10.3 Å². The number of amides is 4. The Morgan fingerprint density at radius 3 is 2.62 bits per heavy atom. The lowest BCUT2D eigenvalue weighted by Gasteiger charge is -2.21. The molecule has 1 aromatic rings. The Balaban J connectivity index is 1.92. The van der Waals surface area contributed by atoms with Gasteiger partial charge in [-0.2, -0.15) is 0 Å². The van der Waals surface area contributed by atoms with Crippen LogP contribution in [0.25, 0.3) is 0 Å². The van der Waals surface area contributed by atoms with E-state index in [1.807, 2.05) is 12.1 Å². The Labute approximate surface area is 139 Å². The van der Waals surface area contributed by atoms with E-state index in [4.69, 9.17) is 9.47 Å². The first-order valence-corrected chi connectivity index (χ1v) is 7.32. The van der Waals surface area contributed by atoms with Crippen LogP contribution in [-0.4, -0.2) is 56.8 Å². The highest BCUT2D eigenvalue weighted by Gasteiger charge is 2.33. The molecule has 8 heteroatoms. The number of hydrogen-bond donors (Lipinski definition) is 1. The number of urea groups is 1. The van der Waals surface area contributed by atoms with Gasteiger partial charge in [0, 0.05) is 19.8 Å². The van der Waals surface area contributed by atoms with Crippen LogP contribution in [0.2, 0.25) is 0 Å². The van der Waals surface area contributed by atoms with E-state index < -0.39 is 23.8 Å². The van der Waals surface area contributed by atoms with Gasteiger partial charge in [0.05, 0.1) is 14.2 Å². The molecule has 0 saturated carbocycles. The Kier molecular flexibility index (Phi) is 5.51. The first-order valence-electron chi connectivity index (χ1n) is 7.32. The van der Waals surface area contributed by atoms with Crippen molar-refractivity contribution in [2.24, 2.45) is 10.9 Å². The molecule has 0 aromatic heterocycles. The van der Waals surface area contributed by atoms with Gasteiger partial charge in [0.15, 0.2) is 17.4 Å². The van der Waals surface area contributed by atoms with E-state index in [1.54, 1.807) is 20.3 Å². The maximum atomic E-state index is 12.1. The third kappa shape index (κ3) is 3.70. The predicted molar refractivity (Wildman–Crippen MR) is 86.4 cm³/mol. The molecule has 1 aliphatic heterocycles. The topological polar surface area (TPSA) is 97.3 Å². The molecule has 0 fully saturated rings. The lowest BCUT2D eigenvalue weighted by Crippen LogP contribution is -2.47. The number of imide groups is 1. The zero-order valence-corrected chi connectivity index (χ0v) is 13.7. The highest BCUT2D eigenvalue weighted by Crippen LogP contribution is 2.27. The van der Waals surface area contributed by atoms with Crippen molar-refractivity contribution in [3.05, 3.63) is 23.8 Å². The van der Waals surface area contributed by atoms with Gasteiger partial charge < -0.3 is 14.8 Å². The summed E-state index contributed by atoms with van der Waals surface area (Å²) in [5.41, 5.74) is 0.948. The average molecular weight is 333 g/mol. The molecule has 1 N–H and O–H groups in total. The predicted octanol–water partition coefficient (Wildman–Crippen LogP) is 0.641. The molecule has 1 atom stereocenters. The van der Waals surface area contributed by atoms with E-state index in [1.165, 1.54) is 7.05 Å². The Morgan fingerprint density at radius 1 is 1.25 bits per heavy atom. The van der Waals surface area contributed by atoms with Crippen LogP contribution < -0.4 is 14.8 Å². The summed E-state index contributed by atoms with van der Waals surface area (Å²) in [6.45, 7) is 0.337. The lowest BCUT2D eigenvalue weighted by molar-refractivity contribution is -0.136. The Bertz CT molecular complexity index is 686. The number of hydrogen-bond acceptors (Lipinski definition) is 5. The van der Waals surface area contributed by atoms with Crippen LogP contribution in [0.5, 0.6) is 11.5 Å². The molecule has 0 spiro atoms. The minimum absolute atomic E-state index is 0.337. The van der Waals surface area contributed by atoms with Crippen LogP contribution in [-0.2, 0) is 16.0 Å². The van der Waals surface area contributed by atoms with Gasteiger partial charge in [-0.25, -0.2) is 9.79 Å². The minimum atomic E-state index is -1.07. The van der Waals surface area contributed by atoms with E-state index >= 15 is 0 Å². The number of nitrogens with one attached hydrogen (secondary N) is 1. The molecule has 0 radical (unpaired) electrons. The van der Waals surface area contributed by atoms with Crippen molar-refractivity contribution in [3.8, 4) is 11.5 Å². The molecule has 1 aliphatic rings. The molecular weight excluding hydrogens is 314 g/mol. The summed E-state index contributed by atoms with van der Waals surface area (Å²) < 4.78 is 10.4. The van der Waals surface area contributed by atoms with Gasteiger partial charge in [-0.1, -0.05) is 6.07 Å². The zero-order valence-electron chi connectivity index (χ0n) is 13.7. The van der Waals surface area contributed by atoms with E-state index in [0.29, 0.717) is 24.5 Å². The van der Waals surface area contributed by atoms with Crippen LogP contribution in [0.4, 0.5) is 4.79 Å². The van der Waals surface area contributed by atoms with Crippen LogP contribution in [0.1, 0.15) is 5.56 Å². The molecule has 2 rings (SSSR count). The van der Waals surface area contributed by atoms with Crippen molar-refractivity contribution < 1.29 is 23.9 Å². The number of methoxy groups -OCH3 is 2. The highest BCUT2D eigenvalue weighted by atomic mass is 16.5. The normalized spacial score (nSPS) is 17.0. The summed E-state index contributed by atoms with van der Waals surface area (Å²) in [6, 6.07) is 4.81. The van der Waals surface area contributed by atoms with Crippen molar-refractivity contribution in [2.75, 3.05) is 27.8 Å². The lowest BCUT2D eigenvalue weighted by atomic mass is 10.1. The fourth-order valence-electron chi connectivity index (χ4n) is 2.25. The fourth-order valence-corrected chi connectivity index (χ4v) is 2.25. The Hall–Kier alpha value is -2.90. The molecule has 128 valence electrons. The smallest absolute Gasteiger partial charge is 0.349 e. The van der Waals surface area contributed by atoms with Gasteiger partial charge in [-0.15, -0.1) is 0 Å². The van der Waals surface area contributed by atoms with Crippen molar-refractivity contribution in [2.45, 2.75) is 6.42 Å². The molecule has 0 bridgehead atoms. The molecule has 1 unspecified atom stereocenters. The van der Waals surface area contributed by atoms with Crippen molar-refractivity contribution in [1.82, 2.24) is 10.2 Å². The van der Waals surface area contributed by atoms with Crippen molar-refractivity contribution in [1.29, 1.82) is 0 Å². The summed E-state index contributed by atoms with van der Waals surface area (Å²) in [4.78, 5) is 39.5. The van der Waals surface area contributed by atoms with Gasteiger partial charge >= 0.3 is 6.03 Å². The van der Waals surface area contributed by atoms with Crippen molar-refractivity contribution in [3.63, 3.8) is 0 Å². The van der Waals surface area contributed by atoms with Crippen molar-refractivity contribution >= 4 is 24.1 Å². The molecule has 4 amide bonds. The van der Waals surface area contributed by atoms with E-state index in [0.717, 1.165) is 16.7 Å². The van der Waals surface area contributed by atoms with Gasteiger partial charge in [0.25, 0.3) is 0 Å². The number of nitrogens with zero attached hydrogens (tertiary/aromatic N) is 2. The molecule has 1 heterocycles. The maximum absolute atomic E-state index is 12.1. The summed E-state index contributed by atoms with van der Waals surface area (Å²) in [5.74, 6) is -0.904. The summed E-state index contributed by atoms with van der Waals surface area (Å²) in [6.07, 6.45) is 1.63. The molecule has 24 heavy (non-hydrogen) atoms. The molecule has 8 nitrogen and oxygen atoms in total. The number of ether oxygens (including phenoxy) is 2. The maximum Gasteiger partial charge on any atom is 0.349 e. The zero-order chi connectivity index (χ0) is 17.7.